The lowest BCUT2D eigenvalue weighted by molar-refractivity contribution is -0.182. The van der Waals surface area contributed by atoms with E-state index in [0.717, 1.165) is 12.0 Å². The van der Waals surface area contributed by atoms with E-state index in [1.54, 1.807) is 0 Å². The Labute approximate surface area is 101 Å². The normalized spacial score (nSPS) is 15.0. The summed E-state index contributed by atoms with van der Waals surface area (Å²) in [6, 6.07) is 7.47. The maximum atomic E-state index is 11.2. The first-order chi connectivity index (χ1) is 7.25. The van der Waals surface area contributed by atoms with Crippen molar-refractivity contribution in [2.45, 2.75) is 19.4 Å². The first-order valence-corrected chi connectivity index (χ1v) is 5.03. The zero-order valence-corrected chi connectivity index (χ0v) is 9.70. The van der Waals surface area contributed by atoms with E-state index in [-0.39, 0.29) is 18.3 Å². The summed E-state index contributed by atoms with van der Waals surface area (Å²) in [5.41, 5.74) is 7.33. The Morgan fingerprint density at radius 3 is 2.88 bits per heavy atom. The van der Waals surface area contributed by atoms with Gasteiger partial charge in [-0.25, -0.2) is 5.06 Å². The van der Waals surface area contributed by atoms with Gasteiger partial charge >= 0.3 is 0 Å². The Balaban J connectivity index is 0.00000128. The number of nitrogens with two attached hydrogens (primary N) is 1. The van der Waals surface area contributed by atoms with Gasteiger partial charge in [0.15, 0.2) is 0 Å². The summed E-state index contributed by atoms with van der Waals surface area (Å²) in [4.78, 5) is 16.6. The van der Waals surface area contributed by atoms with Gasteiger partial charge < -0.3 is 5.73 Å². The molecule has 1 aromatic rings. The molecule has 0 aliphatic carbocycles. The standard InChI is InChI=1S/C11H14N2O2.ClH/c12-10-4-1-3-9(7-10)8-15-13-6-2-5-11(13)14;/h1,3-4,7H,2,5-6,8,12H2;1H. The molecule has 88 valence electrons. The molecule has 16 heavy (non-hydrogen) atoms. The molecule has 0 saturated carbocycles. The molecule has 0 unspecified atom stereocenters. The fraction of sp³-hybridized carbons (Fsp3) is 0.364. The molecule has 0 spiro atoms. The maximum absolute atomic E-state index is 11.2. The molecule has 1 amide bonds. The van der Waals surface area contributed by atoms with E-state index in [0.29, 0.717) is 25.3 Å². The molecule has 1 fully saturated rings. The summed E-state index contributed by atoms with van der Waals surface area (Å²) in [7, 11) is 0. The van der Waals surface area contributed by atoms with Crippen LogP contribution in [0.25, 0.3) is 0 Å². The average molecular weight is 243 g/mol. The third-order valence-corrected chi connectivity index (χ3v) is 2.37. The predicted octanol–water partition coefficient (Wildman–Crippen LogP) is 1.74. The van der Waals surface area contributed by atoms with E-state index < -0.39 is 0 Å². The lowest BCUT2D eigenvalue weighted by Crippen LogP contribution is -2.24. The zero-order chi connectivity index (χ0) is 10.7. The van der Waals surface area contributed by atoms with E-state index in [1.807, 2.05) is 24.3 Å². The average Bonchev–Trinajstić information content (AvgIpc) is 2.61. The van der Waals surface area contributed by atoms with Crippen molar-refractivity contribution in [2.24, 2.45) is 0 Å². The van der Waals surface area contributed by atoms with Crippen LogP contribution in [-0.4, -0.2) is 17.5 Å². The van der Waals surface area contributed by atoms with Crippen LogP contribution in [0.4, 0.5) is 5.69 Å². The van der Waals surface area contributed by atoms with Crippen LogP contribution in [0.3, 0.4) is 0 Å². The first-order valence-electron chi connectivity index (χ1n) is 5.03. The number of hydroxylamine groups is 2. The number of amides is 1. The lowest BCUT2D eigenvalue weighted by Gasteiger charge is -2.15. The highest BCUT2D eigenvalue weighted by atomic mass is 35.5. The highest BCUT2D eigenvalue weighted by molar-refractivity contribution is 5.85. The van der Waals surface area contributed by atoms with E-state index >= 15 is 0 Å². The van der Waals surface area contributed by atoms with Crippen LogP contribution in [0.15, 0.2) is 24.3 Å². The van der Waals surface area contributed by atoms with Crippen LogP contribution < -0.4 is 5.73 Å². The van der Waals surface area contributed by atoms with Crippen molar-refractivity contribution in [3.8, 4) is 0 Å². The highest BCUT2D eigenvalue weighted by Gasteiger charge is 2.20. The summed E-state index contributed by atoms with van der Waals surface area (Å²) in [5, 5.41) is 1.43. The molecule has 1 aliphatic rings. The number of nitrogens with zero attached hydrogens (tertiary/aromatic N) is 1. The summed E-state index contributed by atoms with van der Waals surface area (Å²) < 4.78 is 0. The Morgan fingerprint density at radius 1 is 1.44 bits per heavy atom. The third kappa shape index (κ3) is 3.12. The van der Waals surface area contributed by atoms with Gasteiger partial charge in [0.25, 0.3) is 0 Å². The predicted molar refractivity (Wildman–Crippen MR) is 63.8 cm³/mol. The van der Waals surface area contributed by atoms with Crippen molar-refractivity contribution in [2.75, 3.05) is 12.3 Å². The molecule has 2 rings (SSSR count). The van der Waals surface area contributed by atoms with Gasteiger partial charge in [-0.3, -0.25) is 9.63 Å². The van der Waals surface area contributed by atoms with Gasteiger partial charge in [0.1, 0.15) is 6.61 Å². The fourth-order valence-electron chi connectivity index (χ4n) is 1.60. The number of benzene rings is 1. The second-order valence-corrected chi connectivity index (χ2v) is 3.62. The van der Waals surface area contributed by atoms with E-state index in [9.17, 15) is 4.79 Å². The smallest absolute Gasteiger partial charge is 0.246 e. The van der Waals surface area contributed by atoms with Gasteiger partial charge in [-0.05, 0) is 24.1 Å². The molecule has 1 aliphatic heterocycles. The van der Waals surface area contributed by atoms with Crippen molar-refractivity contribution >= 4 is 24.0 Å². The Kier molecular flexibility index (Phi) is 4.58. The van der Waals surface area contributed by atoms with Gasteiger partial charge in [0.2, 0.25) is 5.91 Å². The Morgan fingerprint density at radius 2 is 2.25 bits per heavy atom. The summed E-state index contributed by atoms with van der Waals surface area (Å²) >= 11 is 0. The number of hydrogen-bond donors (Lipinski definition) is 1. The number of carbonyl (C=O) groups excluding carboxylic acids is 1. The molecule has 1 aromatic carbocycles. The van der Waals surface area contributed by atoms with E-state index in [1.165, 1.54) is 5.06 Å². The minimum atomic E-state index is 0. The summed E-state index contributed by atoms with van der Waals surface area (Å²) in [5.74, 6) is 0.0684. The van der Waals surface area contributed by atoms with Crippen molar-refractivity contribution in [3.05, 3.63) is 29.8 Å². The van der Waals surface area contributed by atoms with Gasteiger partial charge in [-0.1, -0.05) is 12.1 Å². The van der Waals surface area contributed by atoms with Gasteiger partial charge in [0.05, 0.1) is 0 Å². The second-order valence-electron chi connectivity index (χ2n) is 3.62. The lowest BCUT2D eigenvalue weighted by atomic mass is 10.2. The Hall–Kier alpha value is -1.26. The van der Waals surface area contributed by atoms with Crippen LogP contribution in [0, 0.1) is 0 Å². The van der Waals surface area contributed by atoms with Gasteiger partial charge in [0, 0.05) is 18.7 Å². The van der Waals surface area contributed by atoms with Crippen molar-refractivity contribution in [3.63, 3.8) is 0 Å². The first kappa shape index (κ1) is 12.8. The SMILES string of the molecule is Cl.Nc1cccc(CON2CCCC2=O)c1. The molecule has 4 nitrogen and oxygen atoms in total. The van der Waals surface area contributed by atoms with Gasteiger partial charge in [-0.2, -0.15) is 0 Å². The fourth-order valence-corrected chi connectivity index (χ4v) is 1.60. The number of nitrogen functional groups attached to an aromatic ring is 1. The highest BCUT2D eigenvalue weighted by Crippen LogP contribution is 2.13. The summed E-state index contributed by atoms with van der Waals surface area (Å²) in [6.45, 7) is 1.10. The Bertz CT molecular complexity index is 371. The molecule has 2 N–H and O–H groups in total. The van der Waals surface area contributed by atoms with Crippen LogP contribution in [-0.2, 0) is 16.2 Å². The van der Waals surface area contributed by atoms with Crippen molar-refractivity contribution < 1.29 is 9.63 Å². The van der Waals surface area contributed by atoms with Crippen molar-refractivity contribution in [1.29, 1.82) is 0 Å². The number of anilines is 1. The molecular formula is C11H15ClN2O2. The second kappa shape index (κ2) is 5.72. The zero-order valence-electron chi connectivity index (χ0n) is 8.89. The van der Waals surface area contributed by atoms with Crippen LogP contribution >= 0.6 is 12.4 Å². The molecule has 0 aromatic heterocycles. The molecule has 1 saturated heterocycles. The minimum Gasteiger partial charge on any atom is -0.399 e. The molecule has 0 radical (unpaired) electrons. The van der Waals surface area contributed by atoms with E-state index in [4.69, 9.17) is 10.6 Å². The topological polar surface area (TPSA) is 55.6 Å². The van der Waals surface area contributed by atoms with Crippen LogP contribution in [0.5, 0.6) is 0 Å². The molecular weight excluding hydrogens is 228 g/mol. The largest absolute Gasteiger partial charge is 0.399 e. The maximum Gasteiger partial charge on any atom is 0.246 e. The van der Waals surface area contributed by atoms with Crippen LogP contribution in [0.2, 0.25) is 0 Å². The quantitative estimate of drug-likeness (QED) is 0.822. The molecule has 1 heterocycles. The van der Waals surface area contributed by atoms with Crippen molar-refractivity contribution in [1.82, 2.24) is 5.06 Å². The number of rotatable bonds is 3. The molecule has 5 heteroatoms. The minimum absolute atomic E-state index is 0. The molecule has 0 bridgehead atoms. The van der Waals surface area contributed by atoms with Gasteiger partial charge in [-0.15, -0.1) is 12.4 Å². The number of carbonyl (C=O) groups is 1. The summed E-state index contributed by atoms with van der Waals surface area (Å²) in [6.07, 6.45) is 1.48. The van der Waals surface area contributed by atoms with Crippen LogP contribution in [0.1, 0.15) is 18.4 Å². The third-order valence-electron chi connectivity index (χ3n) is 2.37. The molecule has 0 atom stereocenters. The number of hydrogen-bond acceptors (Lipinski definition) is 3. The monoisotopic (exact) mass is 242 g/mol. The number of halogens is 1. The van der Waals surface area contributed by atoms with E-state index in [2.05, 4.69) is 0 Å².